The van der Waals surface area contributed by atoms with E-state index in [1.165, 1.54) is 11.0 Å². The average Bonchev–Trinajstić information content (AvgIpc) is 3.00. The summed E-state index contributed by atoms with van der Waals surface area (Å²) in [7, 11) is 0. The normalized spacial score (nSPS) is 15.6. The molecular weight excluding hydrogens is 366 g/mol. The Morgan fingerprint density at radius 3 is 2.70 bits per heavy atom. The molecule has 1 aliphatic heterocycles. The molecule has 1 amide bonds. The third-order valence-electron chi connectivity index (χ3n) is 4.49. The molecule has 1 aromatic heterocycles. The van der Waals surface area contributed by atoms with Gasteiger partial charge in [-0.3, -0.25) is 4.79 Å². The van der Waals surface area contributed by atoms with Crippen LogP contribution in [0.3, 0.4) is 0 Å². The molecule has 146 valence electrons. The van der Waals surface area contributed by atoms with Crippen LogP contribution in [0.25, 0.3) is 0 Å². The Labute approximate surface area is 153 Å². The van der Waals surface area contributed by atoms with E-state index in [9.17, 15) is 22.4 Å². The van der Waals surface area contributed by atoms with Gasteiger partial charge in [0, 0.05) is 25.6 Å². The Bertz CT molecular complexity index is 848. The first-order chi connectivity index (χ1) is 12.6. The fraction of sp³-hybridized carbons (Fsp3) is 0.471. The maximum Gasteiger partial charge on any atom is 0.451 e. The summed E-state index contributed by atoms with van der Waals surface area (Å²) in [4.78, 5) is 13.8. The first kappa shape index (κ1) is 19.3. The van der Waals surface area contributed by atoms with Crippen molar-refractivity contribution in [2.24, 2.45) is 5.73 Å². The van der Waals surface area contributed by atoms with Crippen LogP contribution in [0.5, 0.6) is 0 Å². The number of nitrogens with two attached hydrogens (primary N) is 1. The molecule has 2 heterocycles. The number of fused-ring (bicyclic) bond motifs is 1. The Kier molecular flexibility index (Phi) is 5.18. The Balaban J connectivity index is 1.61. The van der Waals surface area contributed by atoms with Crippen molar-refractivity contribution in [3.63, 3.8) is 0 Å². The molecule has 1 aromatic carbocycles. The predicted octanol–water partition coefficient (Wildman–Crippen LogP) is 2.05. The van der Waals surface area contributed by atoms with Crippen LogP contribution in [0.4, 0.5) is 17.6 Å². The van der Waals surface area contributed by atoms with Crippen molar-refractivity contribution in [3.05, 3.63) is 46.8 Å². The topological polar surface area (TPSA) is 77.0 Å². The molecule has 2 aromatic rings. The van der Waals surface area contributed by atoms with Gasteiger partial charge in [0.05, 0.1) is 6.54 Å². The lowest BCUT2D eigenvalue weighted by molar-refractivity contribution is -0.148. The van der Waals surface area contributed by atoms with Crippen molar-refractivity contribution in [1.82, 2.24) is 19.7 Å². The quantitative estimate of drug-likeness (QED) is 0.818. The molecule has 0 bridgehead atoms. The summed E-state index contributed by atoms with van der Waals surface area (Å²) >= 11 is 0. The van der Waals surface area contributed by atoms with Crippen LogP contribution in [-0.4, -0.2) is 38.2 Å². The second-order valence-electron chi connectivity index (χ2n) is 6.67. The van der Waals surface area contributed by atoms with E-state index in [4.69, 9.17) is 5.73 Å². The van der Waals surface area contributed by atoms with E-state index in [0.717, 1.165) is 10.1 Å². The van der Waals surface area contributed by atoms with Crippen molar-refractivity contribution >= 4 is 5.91 Å². The number of amides is 1. The number of carbonyl (C=O) groups is 1. The molecule has 0 radical (unpaired) electrons. The highest BCUT2D eigenvalue weighted by Gasteiger charge is 2.39. The van der Waals surface area contributed by atoms with Gasteiger partial charge in [0.1, 0.15) is 5.82 Å². The minimum Gasteiger partial charge on any atom is -0.333 e. The Morgan fingerprint density at radius 2 is 2.04 bits per heavy atom. The first-order valence-corrected chi connectivity index (χ1v) is 8.43. The molecule has 0 saturated carbocycles. The van der Waals surface area contributed by atoms with Crippen molar-refractivity contribution in [2.45, 2.75) is 45.1 Å². The van der Waals surface area contributed by atoms with Gasteiger partial charge in [0.15, 0.2) is 5.82 Å². The van der Waals surface area contributed by atoms with Gasteiger partial charge in [-0.05, 0) is 30.5 Å². The van der Waals surface area contributed by atoms with Crippen molar-refractivity contribution in [3.8, 4) is 0 Å². The number of hydrogen-bond acceptors (Lipinski definition) is 4. The minimum atomic E-state index is -4.59. The van der Waals surface area contributed by atoms with E-state index >= 15 is 0 Å². The fourth-order valence-electron chi connectivity index (χ4n) is 3.11. The van der Waals surface area contributed by atoms with E-state index in [2.05, 4.69) is 10.2 Å². The third kappa shape index (κ3) is 4.26. The number of alkyl halides is 3. The highest BCUT2D eigenvalue weighted by atomic mass is 19.4. The molecule has 10 heteroatoms. The Morgan fingerprint density at radius 1 is 1.30 bits per heavy atom. The minimum absolute atomic E-state index is 0.0341. The molecule has 0 spiro atoms. The summed E-state index contributed by atoms with van der Waals surface area (Å²) in [6, 6.07) is 4.21. The summed E-state index contributed by atoms with van der Waals surface area (Å²) in [6.07, 6.45) is -4.43. The molecule has 6 nitrogen and oxygen atoms in total. The predicted molar refractivity (Wildman–Crippen MR) is 87.9 cm³/mol. The standard InChI is InChI=1S/C17H19F4N5O/c1-10-2-3-11(13(18)6-10)7-12(22)8-15(27)25-4-5-26-14(9-25)23-24-16(26)17(19,20)21/h2-3,6,12H,4-5,7-9,22H2,1H3/t12-/m1/s1. The first-order valence-electron chi connectivity index (χ1n) is 8.43. The lowest BCUT2D eigenvalue weighted by atomic mass is 10.0. The zero-order valence-corrected chi connectivity index (χ0v) is 14.6. The molecule has 0 unspecified atom stereocenters. The summed E-state index contributed by atoms with van der Waals surface area (Å²) in [5.41, 5.74) is 7.19. The molecule has 1 aliphatic rings. The lowest BCUT2D eigenvalue weighted by Gasteiger charge is -2.29. The van der Waals surface area contributed by atoms with E-state index in [1.807, 2.05) is 0 Å². The van der Waals surface area contributed by atoms with E-state index in [-0.39, 0.29) is 50.0 Å². The van der Waals surface area contributed by atoms with Gasteiger partial charge < -0.3 is 15.2 Å². The van der Waals surface area contributed by atoms with Crippen LogP contribution in [0.2, 0.25) is 0 Å². The molecule has 3 rings (SSSR count). The molecule has 1 atom stereocenters. The zero-order valence-electron chi connectivity index (χ0n) is 14.6. The van der Waals surface area contributed by atoms with Crippen LogP contribution in [-0.2, 0) is 30.5 Å². The summed E-state index contributed by atoms with van der Waals surface area (Å²) in [5, 5.41) is 6.72. The van der Waals surface area contributed by atoms with Gasteiger partial charge in [-0.1, -0.05) is 12.1 Å². The largest absolute Gasteiger partial charge is 0.451 e. The molecule has 2 N–H and O–H groups in total. The molecule has 0 fully saturated rings. The molecule has 27 heavy (non-hydrogen) atoms. The van der Waals surface area contributed by atoms with Crippen LogP contribution < -0.4 is 5.73 Å². The summed E-state index contributed by atoms with van der Waals surface area (Å²) in [6.45, 7) is 1.78. The number of aromatic nitrogens is 3. The van der Waals surface area contributed by atoms with Gasteiger partial charge in [0.25, 0.3) is 0 Å². The second kappa shape index (κ2) is 7.26. The van der Waals surface area contributed by atoms with Crippen molar-refractivity contribution in [2.75, 3.05) is 6.54 Å². The van der Waals surface area contributed by atoms with Crippen LogP contribution in [0.15, 0.2) is 18.2 Å². The third-order valence-corrected chi connectivity index (χ3v) is 4.49. The number of rotatable bonds is 4. The van der Waals surface area contributed by atoms with E-state index in [1.54, 1.807) is 19.1 Å². The molecule has 0 aliphatic carbocycles. The second-order valence-corrected chi connectivity index (χ2v) is 6.67. The number of carbonyl (C=O) groups excluding carboxylic acids is 1. The smallest absolute Gasteiger partial charge is 0.333 e. The highest BCUT2D eigenvalue weighted by molar-refractivity contribution is 5.76. The molecular formula is C17H19F4N5O. The SMILES string of the molecule is Cc1ccc(C[C@@H](N)CC(=O)N2CCn3c(nnc3C(F)(F)F)C2)c(F)c1. The number of halogens is 4. The number of aryl methyl sites for hydroxylation is 1. The van der Waals surface area contributed by atoms with E-state index < -0.39 is 18.0 Å². The number of nitrogens with zero attached hydrogens (tertiary/aromatic N) is 4. The zero-order chi connectivity index (χ0) is 19.8. The maximum atomic E-state index is 13.9. The Hall–Kier alpha value is -2.49. The van der Waals surface area contributed by atoms with Gasteiger partial charge in [0.2, 0.25) is 11.7 Å². The van der Waals surface area contributed by atoms with Gasteiger partial charge in [-0.2, -0.15) is 13.2 Å². The highest BCUT2D eigenvalue weighted by Crippen LogP contribution is 2.29. The molecule has 0 saturated heterocycles. The lowest BCUT2D eigenvalue weighted by Crippen LogP contribution is -2.42. The summed E-state index contributed by atoms with van der Waals surface area (Å²) in [5.74, 6) is -1.65. The average molecular weight is 385 g/mol. The van der Waals surface area contributed by atoms with Gasteiger partial charge >= 0.3 is 6.18 Å². The number of benzene rings is 1. The van der Waals surface area contributed by atoms with Gasteiger partial charge in [-0.25, -0.2) is 4.39 Å². The monoisotopic (exact) mass is 385 g/mol. The van der Waals surface area contributed by atoms with E-state index in [0.29, 0.717) is 5.56 Å². The van der Waals surface area contributed by atoms with Crippen molar-refractivity contribution < 1.29 is 22.4 Å². The van der Waals surface area contributed by atoms with Crippen LogP contribution >= 0.6 is 0 Å². The van der Waals surface area contributed by atoms with Crippen molar-refractivity contribution in [1.29, 1.82) is 0 Å². The maximum absolute atomic E-state index is 13.9. The summed E-state index contributed by atoms with van der Waals surface area (Å²) < 4.78 is 53.4. The van der Waals surface area contributed by atoms with Crippen LogP contribution in [0, 0.1) is 12.7 Å². The van der Waals surface area contributed by atoms with Gasteiger partial charge in [-0.15, -0.1) is 10.2 Å². The fourth-order valence-corrected chi connectivity index (χ4v) is 3.11. The van der Waals surface area contributed by atoms with Crippen LogP contribution in [0.1, 0.15) is 29.2 Å². The number of hydrogen-bond donors (Lipinski definition) is 1.